The van der Waals surface area contributed by atoms with E-state index in [9.17, 15) is 4.79 Å². The minimum atomic E-state index is -0.400. The smallest absolute Gasteiger partial charge is 0.303 e. The van der Waals surface area contributed by atoms with Crippen LogP contribution in [-0.2, 0) is 14.3 Å². The monoisotopic (exact) mass is 246 g/mol. The Balaban J connectivity index is 3.87. The van der Waals surface area contributed by atoms with Crippen molar-refractivity contribution in [2.45, 2.75) is 17.8 Å². The second kappa shape index (κ2) is 7.74. The predicted molar refractivity (Wildman–Crippen MR) is 55.4 cm³/mol. The van der Waals surface area contributed by atoms with Crippen LogP contribution in [0.15, 0.2) is 0 Å². The second-order valence-electron chi connectivity index (χ2n) is 2.15. The van der Waals surface area contributed by atoms with Crippen molar-refractivity contribution in [3.05, 3.63) is 0 Å². The number of alkyl halides is 2. The van der Waals surface area contributed by atoms with E-state index in [1.807, 2.05) is 0 Å². The molecule has 0 fully saturated rings. The van der Waals surface area contributed by atoms with Gasteiger partial charge in [0.05, 0.1) is 11.8 Å². The van der Waals surface area contributed by atoms with Crippen molar-refractivity contribution in [2.24, 2.45) is 0 Å². The average molecular weight is 247 g/mol. The van der Waals surface area contributed by atoms with Crippen LogP contribution in [0.3, 0.4) is 0 Å². The summed E-state index contributed by atoms with van der Waals surface area (Å²) >= 11 is 12.4. The summed E-state index contributed by atoms with van der Waals surface area (Å²) in [6.45, 7) is 1.34. The second-order valence-corrected chi connectivity index (χ2v) is 4.09. The standard InChI is InChI=1S/C7H12Cl2O3S/c1-5(10)12-7(4-9)13-6(3-8)11-2/h6-7H,3-4H2,1-2H3. The van der Waals surface area contributed by atoms with Gasteiger partial charge in [-0.15, -0.1) is 23.2 Å². The molecule has 0 saturated carbocycles. The molecule has 0 spiro atoms. The number of ether oxygens (including phenoxy) is 2. The van der Waals surface area contributed by atoms with Gasteiger partial charge in [-0.1, -0.05) is 11.8 Å². The molecular formula is C7H12Cl2O3S. The van der Waals surface area contributed by atoms with Gasteiger partial charge < -0.3 is 9.47 Å². The highest BCUT2D eigenvalue weighted by atomic mass is 35.5. The van der Waals surface area contributed by atoms with Gasteiger partial charge in [0.25, 0.3) is 0 Å². The lowest BCUT2D eigenvalue weighted by Crippen LogP contribution is -2.20. The van der Waals surface area contributed by atoms with Crippen molar-refractivity contribution < 1.29 is 14.3 Å². The zero-order chi connectivity index (χ0) is 10.3. The summed E-state index contributed by atoms with van der Waals surface area (Å²) in [6, 6.07) is 0. The number of rotatable bonds is 6. The summed E-state index contributed by atoms with van der Waals surface area (Å²) in [5.41, 5.74) is -0.604. The molecule has 2 atom stereocenters. The minimum Gasteiger partial charge on any atom is -0.450 e. The van der Waals surface area contributed by atoms with Crippen LogP contribution >= 0.6 is 35.0 Å². The van der Waals surface area contributed by atoms with Crippen LogP contribution in [0.1, 0.15) is 6.92 Å². The number of hydrogen-bond donors (Lipinski definition) is 0. The number of thioether (sulfide) groups is 1. The largest absolute Gasteiger partial charge is 0.450 e. The maximum atomic E-state index is 10.6. The van der Waals surface area contributed by atoms with E-state index in [0.29, 0.717) is 5.88 Å². The molecule has 6 heteroatoms. The summed E-state index contributed by atoms with van der Waals surface area (Å²) in [6.07, 6.45) is 0. The van der Waals surface area contributed by atoms with Crippen molar-refractivity contribution in [1.29, 1.82) is 0 Å². The zero-order valence-corrected chi connectivity index (χ0v) is 9.79. The van der Waals surface area contributed by atoms with Gasteiger partial charge >= 0.3 is 5.97 Å². The Kier molecular flexibility index (Phi) is 7.95. The Bertz CT molecular complexity index is 153. The first-order chi connectivity index (χ1) is 6.13. The molecule has 0 saturated heterocycles. The van der Waals surface area contributed by atoms with Gasteiger partial charge in [-0.2, -0.15) is 0 Å². The summed E-state index contributed by atoms with van der Waals surface area (Å²) < 4.78 is 9.88. The highest BCUT2D eigenvalue weighted by molar-refractivity contribution is 8.00. The first-order valence-corrected chi connectivity index (χ1v) is 5.62. The summed E-state index contributed by atoms with van der Waals surface area (Å²) in [4.78, 5) is 10.6. The molecule has 78 valence electrons. The Hall–Kier alpha value is 0.360. The molecule has 0 aromatic carbocycles. The Morgan fingerprint density at radius 2 is 1.92 bits per heavy atom. The Morgan fingerprint density at radius 1 is 1.38 bits per heavy atom. The fraction of sp³-hybridized carbons (Fsp3) is 0.857. The molecule has 0 heterocycles. The molecule has 0 bridgehead atoms. The van der Waals surface area contributed by atoms with E-state index in [4.69, 9.17) is 32.7 Å². The Labute approximate surface area is 92.0 Å². The molecule has 0 amide bonds. The van der Waals surface area contributed by atoms with Crippen LogP contribution in [0.25, 0.3) is 0 Å². The molecular weight excluding hydrogens is 235 g/mol. The van der Waals surface area contributed by atoms with Gasteiger partial charge in [0.2, 0.25) is 0 Å². The maximum absolute atomic E-state index is 10.6. The van der Waals surface area contributed by atoms with Gasteiger partial charge in [-0.3, -0.25) is 4.79 Å². The summed E-state index contributed by atoms with van der Waals surface area (Å²) in [5.74, 6) is 0.194. The van der Waals surface area contributed by atoms with E-state index in [1.54, 1.807) is 7.11 Å². The van der Waals surface area contributed by atoms with E-state index < -0.39 is 5.44 Å². The number of carbonyl (C=O) groups is 1. The van der Waals surface area contributed by atoms with E-state index >= 15 is 0 Å². The highest BCUT2D eigenvalue weighted by Gasteiger charge is 2.17. The van der Waals surface area contributed by atoms with Crippen molar-refractivity contribution in [1.82, 2.24) is 0 Å². The molecule has 0 aliphatic rings. The quantitative estimate of drug-likeness (QED) is 0.409. The number of carbonyl (C=O) groups excluding carboxylic acids is 1. The van der Waals surface area contributed by atoms with Crippen LogP contribution in [0.4, 0.5) is 0 Å². The molecule has 13 heavy (non-hydrogen) atoms. The third-order valence-electron chi connectivity index (χ3n) is 1.12. The van der Waals surface area contributed by atoms with Crippen LogP contribution < -0.4 is 0 Å². The van der Waals surface area contributed by atoms with Gasteiger partial charge in [-0.05, 0) is 0 Å². The predicted octanol–water partition coefficient (Wildman–Crippen LogP) is 2.06. The van der Waals surface area contributed by atoms with Gasteiger partial charge in [-0.25, -0.2) is 0 Å². The minimum absolute atomic E-state index is 0.204. The lowest BCUT2D eigenvalue weighted by atomic mass is 10.7. The summed E-state index contributed by atoms with van der Waals surface area (Å²) in [5, 5.41) is 0. The molecule has 2 unspecified atom stereocenters. The van der Waals surface area contributed by atoms with Gasteiger partial charge in [0.1, 0.15) is 5.44 Å². The number of methoxy groups -OCH3 is 1. The highest BCUT2D eigenvalue weighted by Crippen LogP contribution is 2.21. The lowest BCUT2D eigenvalue weighted by molar-refractivity contribution is -0.141. The normalized spacial score (nSPS) is 15.1. The fourth-order valence-corrected chi connectivity index (χ4v) is 2.02. The number of hydrogen-bond acceptors (Lipinski definition) is 4. The maximum Gasteiger partial charge on any atom is 0.303 e. The molecule has 0 N–H and O–H groups in total. The van der Waals surface area contributed by atoms with Crippen molar-refractivity contribution in [2.75, 3.05) is 18.9 Å². The van der Waals surface area contributed by atoms with Crippen LogP contribution in [-0.4, -0.2) is 35.7 Å². The number of halogens is 2. The van der Waals surface area contributed by atoms with Gasteiger partial charge in [0, 0.05) is 14.0 Å². The fourth-order valence-electron chi connectivity index (χ4n) is 0.605. The van der Waals surface area contributed by atoms with Crippen LogP contribution in [0, 0.1) is 0 Å². The van der Waals surface area contributed by atoms with Crippen molar-refractivity contribution >= 4 is 40.9 Å². The van der Waals surface area contributed by atoms with Crippen LogP contribution in [0.5, 0.6) is 0 Å². The number of esters is 1. The van der Waals surface area contributed by atoms with E-state index in [1.165, 1.54) is 18.7 Å². The van der Waals surface area contributed by atoms with Crippen LogP contribution in [0.2, 0.25) is 0 Å². The topological polar surface area (TPSA) is 35.5 Å². The van der Waals surface area contributed by atoms with Crippen molar-refractivity contribution in [3.63, 3.8) is 0 Å². The summed E-state index contributed by atoms with van der Waals surface area (Å²) in [7, 11) is 1.54. The first-order valence-electron chi connectivity index (χ1n) is 3.61. The van der Waals surface area contributed by atoms with E-state index in [2.05, 4.69) is 0 Å². The van der Waals surface area contributed by atoms with Gasteiger partial charge in [0.15, 0.2) is 5.44 Å². The Morgan fingerprint density at radius 3 is 2.23 bits per heavy atom. The zero-order valence-electron chi connectivity index (χ0n) is 7.46. The lowest BCUT2D eigenvalue weighted by Gasteiger charge is -2.18. The third-order valence-corrected chi connectivity index (χ3v) is 3.27. The average Bonchev–Trinajstić information content (AvgIpc) is 2.11. The molecule has 0 radical (unpaired) electrons. The molecule has 3 nitrogen and oxygen atoms in total. The molecule has 0 aromatic rings. The third kappa shape index (κ3) is 6.43. The molecule has 0 aliphatic carbocycles. The molecule has 0 aromatic heterocycles. The molecule has 0 rings (SSSR count). The van der Waals surface area contributed by atoms with E-state index in [-0.39, 0.29) is 17.3 Å². The SMILES string of the molecule is COC(CCl)SC(CCl)OC(C)=O. The van der Waals surface area contributed by atoms with Crippen molar-refractivity contribution in [3.8, 4) is 0 Å². The van der Waals surface area contributed by atoms with E-state index in [0.717, 1.165) is 0 Å². The molecule has 0 aliphatic heterocycles. The first kappa shape index (κ1) is 13.4.